The van der Waals surface area contributed by atoms with E-state index in [9.17, 15) is 4.79 Å². The van der Waals surface area contributed by atoms with Gasteiger partial charge in [-0.15, -0.1) is 0 Å². The number of amides is 1. The van der Waals surface area contributed by atoms with E-state index in [0.29, 0.717) is 5.56 Å². The van der Waals surface area contributed by atoms with Crippen molar-refractivity contribution in [2.45, 2.75) is 6.92 Å². The van der Waals surface area contributed by atoms with Crippen LogP contribution in [0, 0.1) is 6.92 Å². The maximum Gasteiger partial charge on any atom is 0.271 e. The number of hydrogen-bond donors (Lipinski definition) is 1. The molecular formula is C25H18N2O. The van der Waals surface area contributed by atoms with E-state index >= 15 is 0 Å². The minimum atomic E-state index is -0.214. The van der Waals surface area contributed by atoms with Crippen molar-refractivity contribution in [1.29, 1.82) is 0 Å². The average Bonchev–Trinajstić information content (AvgIpc) is 2.73. The number of nitrogens with one attached hydrogen (secondary N) is 1. The van der Waals surface area contributed by atoms with E-state index in [2.05, 4.69) is 59.1 Å². The lowest BCUT2D eigenvalue weighted by molar-refractivity contribution is 0.0955. The van der Waals surface area contributed by atoms with Crippen molar-refractivity contribution < 1.29 is 4.79 Å². The zero-order chi connectivity index (χ0) is 19.1. The van der Waals surface area contributed by atoms with Gasteiger partial charge in [-0.2, -0.15) is 5.10 Å². The number of benzene rings is 5. The number of nitrogens with zero attached hydrogens (tertiary/aromatic N) is 1. The molecule has 0 fully saturated rings. The first kappa shape index (κ1) is 16.5. The quantitative estimate of drug-likeness (QED) is 0.251. The predicted molar refractivity (Wildman–Crippen MR) is 116 cm³/mol. The van der Waals surface area contributed by atoms with Gasteiger partial charge >= 0.3 is 0 Å². The SMILES string of the molecule is Cc1ccc(C(=O)N/N=C/c2ccc3ccc4cccc5ccc2c3c45)cc1. The van der Waals surface area contributed by atoms with E-state index in [1.807, 2.05) is 25.1 Å². The molecule has 5 rings (SSSR count). The summed E-state index contributed by atoms with van der Waals surface area (Å²) in [6, 6.07) is 26.6. The number of carbonyl (C=O) groups is 1. The van der Waals surface area contributed by atoms with Crippen molar-refractivity contribution >= 4 is 44.4 Å². The van der Waals surface area contributed by atoms with Gasteiger partial charge in [0.1, 0.15) is 0 Å². The van der Waals surface area contributed by atoms with Gasteiger partial charge in [0, 0.05) is 11.1 Å². The van der Waals surface area contributed by atoms with Crippen molar-refractivity contribution in [1.82, 2.24) is 5.43 Å². The summed E-state index contributed by atoms with van der Waals surface area (Å²) in [4.78, 5) is 12.3. The van der Waals surface area contributed by atoms with Crippen LogP contribution in [-0.2, 0) is 0 Å². The third-order valence-corrected chi connectivity index (χ3v) is 5.25. The van der Waals surface area contributed by atoms with Gasteiger partial charge in [-0.3, -0.25) is 4.79 Å². The van der Waals surface area contributed by atoms with Crippen LogP contribution in [-0.4, -0.2) is 12.1 Å². The number of hydrogen-bond acceptors (Lipinski definition) is 2. The Bertz CT molecular complexity index is 1330. The number of carbonyl (C=O) groups excluding carboxylic acids is 1. The molecule has 0 aliphatic carbocycles. The van der Waals surface area contributed by atoms with Crippen molar-refractivity contribution in [2.24, 2.45) is 5.10 Å². The fraction of sp³-hybridized carbons (Fsp3) is 0.0400. The van der Waals surface area contributed by atoms with Crippen LogP contribution in [0.15, 0.2) is 84.0 Å². The number of aryl methyl sites for hydroxylation is 1. The van der Waals surface area contributed by atoms with E-state index < -0.39 is 0 Å². The minimum absolute atomic E-state index is 0.214. The molecule has 0 saturated heterocycles. The van der Waals surface area contributed by atoms with E-state index in [1.165, 1.54) is 26.9 Å². The maximum absolute atomic E-state index is 12.3. The highest BCUT2D eigenvalue weighted by molar-refractivity contribution is 6.25. The molecule has 3 nitrogen and oxygen atoms in total. The van der Waals surface area contributed by atoms with Crippen LogP contribution in [0.25, 0.3) is 32.3 Å². The van der Waals surface area contributed by atoms with Crippen LogP contribution in [0.5, 0.6) is 0 Å². The summed E-state index contributed by atoms with van der Waals surface area (Å²) in [5.41, 5.74) is 5.32. The predicted octanol–water partition coefficient (Wildman–Crippen LogP) is 5.66. The molecule has 0 bridgehead atoms. The molecule has 5 aromatic carbocycles. The Morgan fingerprint density at radius 2 is 1.43 bits per heavy atom. The van der Waals surface area contributed by atoms with Crippen molar-refractivity contribution in [3.05, 3.63) is 95.6 Å². The van der Waals surface area contributed by atoms with Crippen LogP contribution >= 0.6 is 0 Å². The first-order valence-corrected chi connectivity index (χ1v) is 9.27. The average molecular weight is 362 g/mol. The van der Waals surface area contributed by atoms with Gasteiger partial charge in [0.2, 0.25) is 0 Å². The zero-order valence-corrected chi connectivity index (χ0v) is 15.4. The van der Waals surface area contributed by atoms with Gasteiger partial charge in [0.25, 0.3) is 5.91 Å². The summed E-state index contributed by atoms with van der Waals surface area (Å²) in [7, 11) is 0. The molecule has 0 aromatic heterocycles. The summed E-state index contributed by atoms with van der Waals surface area (Å²) in [5.74, 6) is -0.214. The Balaban J connectivity index is 1.53. The highest BCUT2D eigenvalue weighted by atomic mass is 16.2. The fourth-order valence-electron chi connectivity index (χ4n) is 3.80. The second-order valence-electron chi connectivity index (χ2n) is 7.08. The minimum Gasteiger partial charge on any atom is -0.267 e. The molecule has 1 N–H and O–H groups in total. The molecule has 0 radical (unpaired) electrons. The Hall–Kier alpha value is -3.72. The molecule has 0 spiro atoms. The topological polar surface area (TPSA) is 41.5 Å². The van der Waals surface area contributed by atoms with Crippen LogP contribution in [0.4, 0.5) is 0 Å². The van der Waals surface area contributed by atoms with E-state index in [1.54, 1.807) is 18.3 Å². The molecule has 0 aliphatic rings. The molecule has 1 amide bonds. The van der Waals surface area contributed by atoms with Crippen molar-refractivity contribution in [2.75, 3.05) is 0 Å². The molecule has 0 saturated carbocycles. The van der Waals surface area contributed by atoms with Gasteiger partial charge in [-0.05, 0) is 51.4 Å². The molecular weight excluding hydrogens is 344 g/mol. The lowest BCUT2D eigenvalue weighted by Gasteiger charge is -2.12. The smallest absolute Gasteiger partial charge is 0.267 e. The summed E-state index contributed by atoms with van der Waals surface area (Å²) < 4.78 is 0. The highest BCUT2D eigenvalue weighted by Crippen LogP contribution is 2.35. The first-order chi connectivity index (χ1) is 13.7. The van der Waals surface area contributed by atoms with Crippen LogP contribution in [0.3, 0.4) is 0 Å². The number of hydrazone groups is 1. The fourth-order valence-corrected chi connectivity index (χ4v) is 3.80. The Morgan fingerprint density at radius 3 is 2.18 bits per heavy atom. The van der Waals surface area contributed by atoms with Gasteiger partial charge in [-0.1, -0.05) is 72.3 Å². The van der Waals surface area contributed by atoms with Crippen LogP contribution in [0.2, 0.25) is 0 Å². The van der Waals surface area contributed by atoms with Crippen molar-refractivity contribution in [3.63, 3.8) is 0 Å². The molecule has 0 heterocycles. The standard InChI is InChI=1S/C25H18N2O/c1-16-5-7-20(8-6-16)25(28)27-26-15-21-12-11-19-10-9-17-3-2-4-18-13-14-22(21)24(19)23(17)18/h2-15H,1H3,(H,27,28)/b26-15+. The van der Waals surface area contributed by atoms with Crippen LogP contribution in [0.1, 0.15) is 21.5 Å². The highest BCUT2D eigenvalue weighted by Gasteiger charge is 2.10. The molecule has 134 valence electrons. The van der Waals surface area contributed by atoms with Gasteiger partial charge in [0.15, 0.2) is 0 Å². The Kier molecular flexibility index (Phi) is 3.80. The Morgan fingerprint density at radius 1 is 0.786 bits per heavy atom. The molecule has 0 aliphatic heterocycles. The molecule has 0 atom stereocenters. The van der Waals surface area contributed by atoms with E-state index in [4.69, 9.17) is 0 Å². The van der Waals surface area contributed by atoms with E-state index in [-0.39, 0.29) is 5.91 Å². The van der Waals surface area contributed by atoms with Gasteiger partial charge in [-0.25, -0.2) is 5.43 Å². The second kappa shape index (κ2) is 6.46. The summed E-state index contributed by atoms with van der Waals surface area (Å²) >= 11 is 0. The second-order valence-corrected chi connectivity index (χ2v) is 7.08. The summed E-state index contributed by atoms with van der Waals surface area (Å²) in [5, 5.41) is 11.5. The molecule has 28 heavy (non-hydrogen) atoms. The first-order valence-electron chi connectivity index (χ1n) is 9.27. The summed E-state index contributed by atoms with van der Waals surface area (Å²) in [6.07, 6.45) is 1.72. The lowest BCUT2D eigenvalue weighted by atomic mass is 9.92. The third kappa shape index (κ3) is 2.69. The van der Waals surface area contributed by atoms with Crippen LogP contribution < -0.4 is 5.43 Å². The maximum atomic E-state index is 12.3. The molecule has 0 unspecified atom stereocenters. The largest absolute Gasteiger partial charge is 0.271 e. The zero-order valence-electron chi connectivity index (χ0n) is 15.4. The molecule has 5 aromatic rings. The van der Waals surface area contributed by atoms with Crippen molar-refractivity contribution in [3.8, 4) is 0 Å². The summed E-state index contributed by atoms with van der Waals surface area (Å²) in [6.45, 7) is 1.99. The third-order valence-electron chi connectivity index (χ3n) is 5.25. The van der Waals surface area contributed by atoms with Gasteiger partial charge < -0.3 is 0 Å². The van der Waals surface area contributed by atoms with Gasteiger partial charge in [0.05, 0.1) is 6.21 Å². The Labute approximate surface area is 162 Å². The number of rotatable bonds is 3. The lowest BCUT2D eigenvalue weighted by Crippen LogP contribution is -2.17. The normalized spacial score (nSPS) is 11.8. The molecule has 3 heteroatoms. The van der Waals surface area contributed by atoms with E-state index in [0.717, 1.165) is 16.5 Å². The monoisotopic (exact) mass is 362 g/mol.